The quantitative estimate of drug-likeness (QED) is 0.243. The van der Waals surface area contributed by atoms with Crippen LogP contribution >= 0.6 is 24.0 Å². The summed E-state index contributed by atoms with van der Waals surface area (Å²) in [6.07, 6.45) is 0.995. The third-order valence-electron chi connectivity index (χ3n) is 2.91. The Morgan fingerprint density at radius 2 is 1.86 bits per heavy atom. The molecule has 0 aromatic rings. The van der Waals surface area contributed by atoms with Crippen molar-refractivity contribution in [3.05, 3.63) is 0 Å². The zero-order chi connectivity index (χ0) is 16.3. The third-order valence-corrected chi connectivity index (χ3v) is 2.91. The van der Waals surface area contributed by atoms with Gasteiger partial charge in [-0.25, -0.2) is 0 Å². The van der Waals surface area contributed by atoms with Crippen LogP contribution < -0.4 is 10.6 Å². The van der Waals surface area contributed by atoms with Crippen LogP contribution in [0.3, 0.4) is 0 Å². The van der Waals surface area contributed by atoms with Crippen molar-refractivity contribution in [2.45, 2.75) is 34.1 Å². The molecule has 0 amide bonds. The fraction of sp³-hybridized carbons (Fsp3) is 0.938. The molecule has 0 rings (SSSR count). The first-order chi connectivity index (χ1) is 9.76. The largest absolute Gasteiger partial charge is 0.381 e. The smallest absolute Gasteiger partial charge is 0.190 e. The molecule has 0 aliphatic rings. The number of nitrogens with zero attached hydrogens (tertiary/aromatic N) is 2. The van der Waals surface area contributed by atoms with Crippen molar-refractivity contribution in [3.63, 3.8) is 0 Å². The maximum absolute atomic E-state index is 5.56. The Kier molecular flexibility index (Phi) is 14.7. The van der Waals surface area contributed by atoms with Crippen LogP contribution in [-0.4, -0.2) is 64.9 Å². The van der Waals surface area contributed by atoms with Crippen LogP contribution in [0, 0.1) is 11.3 Å². The van der Waals surface area contributed by atoms with Crippen molar-refractivity contribution < 1.29 is 4.74 Å². The second-order valence-corrected chi connectivity index (χ2v) is 7.08. The van der Waals surface area contributed by atoms with E-state index in [9.17, 15) is 0 Å². The zero-order valence-corrected chi connectivity index (χ0v) is 17.9. The lowest BCUT2D eigenvalue weighted by molar-refractivity contribution is 0.108. The van der Waals surface area contributed by atoms with Gasteiger partial charge in [-0.05, 0) is 31.8 Å². The average molecular weight is 428 g/mol. The van der Waals surface area contributed by atoms with Gasteiger partial charge < -0.3 is 20.3 Å². The summed E-state index contributed by atoms with van der Waals surface area (Å²) in [5, 5.41) is 6.72. The van der Waals surface area contributed by atoms with Crippen LogP contribution in [0.2, 0.25) is 0 Å². The molecule has 0 saturated heterocycles. The molecule has 0 radical (unpaired) electrons. The summed E-state index contributed by atoms with van der Waals surface area (Å²) in [5.41, 5.74) is 0.210. The van der Waals surface area contributed by atoms with Gasteiger partial charge in [0.25, 0.3) is 0 Å². The van der Waals surface area contributed by atoms with Gasteiger partial charge in [-0.15, -0.1) is 24.0 Å². The fourth-order valence-electron chi connectivity index (χ4n) is 2.16. The molecule has 0 aromatic carbocycles. The standard InChI is InChI=1S/C16H36N4O.HI/c1-14(2)11-21-10-8-9-18-15(17-5)19-12-16(3,4)13-20(6)7;/h14H,8-13H2,1-7H3,(H2,17,18,19);1H. The number of nitrogens with one attached hydrogen (secondary N) is 2. The average Bonchev–Trinajstić information content (AvgIpc) is 2.35. The highest BCUT2D eigenvalue weighted by Gasteiger charge is 2.19. The van der Waals surface area contributed by atoms with Gasteiger partial charge >= 0.3 is 0 Å². The minimum absolute atomic E-state index is 0. The van der Waals surface area contributed by atoms with Crippen LogP contribution in [0.5, 0.6) is 0 Å². The lowest BCUT2D eigenvalue weighted by Gasteiger charge is -2.29. The molecule has 0 bridgehead atoms. The van der Waals surface area contributed by atoms with E-state index in [-0.39, 0.29) is 29.4 Å². The molecule has 0 heterocycles. The molecular formula is C16H37IN4O. The molecule has 0 aromatic heterocycles. The zero-order valence-electron chi connectivity index (χ0n) is 15.5. The first kappa shape index (κ1) is 24.2. The van der Waals surface area contributed by atoms with Crippen molar-refractivity contribution in [1.29, 1.82) is 0 Å². The van der Waals surface area contributed by atoms with Crippen LogP contribution in [0.1, 0.15) is 34.1 Å². The van der Waals surface area contributed by atoms with E-state index < -0.39 is 0 Å². The predicted octanol–water partition coefficient (Wildman–Crippen LogP) is 2.42. The number of halogens is 1. The van der Waals surface area contributed by atoms with Gasteiger partial charge in [-0.1, -0.05) is 27.7 Å². The Morgan fingerprint density at radius 1 is 1.23 bits per heavy atom. The Bertz CT molecular complexity index is 294. The normalized spacial score (nSPS) is 12.5. The lowest BCUT2D eigenvalue weighted by Crippen LogP contribution is -2.45. The summed E-state index contributed by atoms with van der Waals surface area (Å²) in [6.45, 7) is 13.3. The van der Waals surface area contributed by atoms with Gasteiger partial charge in [0.2, 0.25) is 0 Å². The second-order valence-electron chi connectivity index (χ2n) is 7.08. The molecule has 5 nitrogen and oxygen atoms in total. The Balaban J connectivity index is 0. The van der Waals surface area contributed by atoms with E-state index in [2.05, 4.69) is 62.3 Å². The van der Waals surface area contributed by atoms with Gasteiger partial charge in [-0.3, -0.25) is 4.99 Å². The van der Waals surface area contributed by atoms with E-state index in [1.165, 1.54) is 0 Å². The Morgan fingerprint density at radius 3 is 2.36 bits per heavy atom. The van der Waals surface area contributed by atoms with Gasteiger partial charge in [0.05, 0.1) is 0 Å². The maximum atomic E-state index is 5.56. The van der Waals surface area contributed by atoms with Crippen molar-refractivity contribution in [2.75, 3.05) is 54.0 Å². The Labute approximate surface area is 154 Å². The van der Waals surface area contributed by atoms with Gasteiger partial charge in [-0.2, -0.15) is 0 Å². The summed E-state index contributed by atoms with van der Waals surface area (Å²) in [7, 11) is 6.02. The maximum Gasteiger partial charge on any atom is 0.190 e. The first-order valence-corrected chi connectivity index (χ1v) is 7.94. The number of hydrogen-bond donors (Lipinski definition) is 2. The highest BCUT2D eigenvalue weighted by Crippen LogP contribution is 2.13. The number of guanidine groups is 1. The molecule has 2 N–H and O–H groups in total. The minimum Gasteiger partial charge on any atom is -0.381 e. The van der Waals surface area contributed by atoms with Gasteiger partial charge in [0.1, 0.15) is 0 Å². The van der Waals surface area contributed by atoms with Crippen molar-refractivity contribution in [1.82, 2.24) is 15.5 Å². The Hall–Kier alpha value is -0.0800. The van der Waals surface area contributed by atoms with E-state index >= 15 is 0 Å². The molecule has 6 heteroatoms. The summed E-state index contributed by atoms with van der Waals surface area (Å²) in [4.78, 5) is 6.47. The molecule has 0 aliphatic heterocycles. The predicted molar refractivity (Wildman–Crippen MR) is 107 cm³/mol. The molecule has 0 aliphatic carbocycles. The highest BCUT2D eigenvalue weighted by molar-refractivity contribution is 14.0. The summed E-state index contributed by atoms with van der Waals surface area (Å²) < 4.78 is 5.56. The first-order valence-electron chi connectivity index (χ1n) is 7.94. The summed E-state index contributed by atoms with van der Waals surface area (Å²) in [5.74, 6) is 1.47. The number of ether oxygens (including phenoxy) is 1. The molecule has 0 atom stereocenters. The summed E-state index contributed by atoms with van der Waals surface area (Å²) in [6, 6.07) is 0. The fourth-order valence-corrected chi connectivity index (χ4v) is 2.16. The second kappa shape index (κ2) is 13.4. The molecule has 0 unspecified atom stereocenters. The van der Waals surface area contributed by atoms with Crippen LogP contribution in [0.15, 0.2) is 4.99 Å². The topological polar surface area (TPSA) is 48.9 Å². The molecule has 0 spiro atoms. The van der Waals surface area contributed by atoms with Crippen LogP contribution in [-0.2, 0) is 4.74 Å². The summed E-state index contributed by atoms with van der Waals surface area (Å²) >= 11 is 0. The number of rotatable bonds is 10. The van der Waals surface area contributed by atoms with E-state index in [0.717, 1.165) is 45.2 Å². The van der Waals surface area contributed by atoms with Gasteiger partial charge in [0, 0.05) is 39.9 Å². The highest BCUT2D eigenvalue weighted by atomic mass is 127. The minimum atomic E-state index is 0. The molecule has 22 heavy (non-hydrogen) atoms. The van der Waals surface area contributed by atoms with E-state index in [1.54, 1.807) is 0 Å². The van der Waals surface area contributed by atoms with Crippen molar-refractivity contribution in [3.8, 4) is 0 Å². The molecule has 134 valence electrons. The van der Waals surface area contributed by atoms with Crippen LogP contribution in [0.4, 0.5) is 0 Å². The molecule has 0 fully saturated rings. The van der Waals surface area contributed by atoms with Crippen molar-refractivity contribution in [2.24, 2.45) is 16.3 Å². The van der Waals surface area contributed by atoms with Crippen molar-refractivity contribution >= 4 is 29.9 Å². The molecule has 0 saturated carbocycles. The van der Waals surface area contributed by atoms with E-state index in [4.69, 9.17) is 4.74 Å². The van der Waals surface area contributed by atoms with Gasteiger partial charge in [0.15, 0.2) is 5.96 Å². The number of aliphatic imine (C=N–C) groups is 1. The number of hydrogen-bond acceptors (Lipinski definition) is 3. The molecular weight excluding hydrogens is 391 g/mol. The lowest BCUT2D eigenvalue weighted by atomic mass is 9.93. The SMILES string of the molecule is CN=C(NCCCOCC(C)C)NCC(C)(C)CN(C)C.I. The third kappa shape index (κ3) is 14.8. The monoisotopic (exact) mass is 428 g/mol. The van der Waals surface area contributed by atoms with Crippen LogP contribution in [0.25, 0.3) is 0 Å². The van der Waals surface area contributed by atoms with E-state index in [0.29, 0.717) is 5.92 Å². The van der Waals surface area contributed by atoms with E-state index in [1.807, 2.05) is 7.05 Å².